The van der Waals surface area contributed by atoms with Crippen LogP contribution >= 0.6 is 0 Å². The predicted octanol–water partition coefficient (Wildman–Crippen LogP) is 0.955. The Balaban J connectivity index is 2.53. The zero-order chi connectivity index (χ0) is 14.8. The molecule has 4 heteroatoms. The molecule has 0 saturated heterocycles. The topological polar surface area (TPSA) is 58.4 Å². The molecule has 0 radical (unpaired) electrons. The Hall–Kier alpha value is -1.83. The number of likely N-dealkylation sites (N-methyl/N-ethyl adjacent to an activating group) is 1. The van der Waals surface area contributed by atoms with Crippen LogP contribution in [0.4, 0.5) is 0 Å². The van der Waals surface area contributed by atoms with E-state index in [1.54, 1.807) is 0 Å². The standard InChI is InChI=1S/C16H23N3O/c1-3-10-18-16(20)13-19(2)12-15-7-4-6-14(11-15)8-5-9-17/h4,6-7,11H,3,9-10,12-13,17H2,1-2H3,(H,18,20). The molecular weight excluding hydrogens is 250 g/mol. The van der Waals surface area contributed by atoms with Crippen LogP contribution in [0, 0.1) is 11.8 Å². The number of nitrogens with one attached hydrogen (secondary N) is 1. The molecule has 0 aliphatic rings. The van der Waals surface area contributed by atoms with Gasteiger partial charge in [0, 0.05) is 18.7 Å². The number of amides is 1. The van der Waals surface area contributed by atoms with E-state index in [1.165, 1.54) is 0 Å². The molecule has 1 rings (SSSR count). The van der Waals surface area contributed by atoms with E-state index in [-0.39, 0.29) is 5.91 Å². The number of carbonyl (C=O) groups is 1. The SMILES string of the molecule is CCCNC(=O)CN(C)Cc1cccc(C#CCN)c1. The molecule has 0 saturated carbocycles. The molecule has 0 spiro atoms. The number of carbonyl (C=O) groups excluding carboxylic acids is 1. The first-order chi connectivity index (χ1) is 9.65. The quantitative estimate of drug-likeness (QED) is 0.759. The van der Waals surface area contributed by atoms with Gasteiger partial charge in [0.05, 0.1) is 13.1 Å². The van der Waals surface area contributed by atoms with Crippen LogP contribution < -0.4 is 11.1 Å². The molecule has 4 nitrogen and oxygen atoms in total. The van der Waals surface area contributed by atoms with E-state index in [4.69, 9.17) is 5.73 Å². The van der Waals surface area contributed by atoms with E-state index in [2.05, 4.69) is 17.2 Å². The lowest BCUT2D eigenvalue weighted by atomic mass is 10.1. The van der Waals surface area contributed by atoms with Gasteiger partial charge < -0.3 is 11.1 Å². The molecule has 0 heterocycles. The molecule has 0 fully saturated rings. The highest BCUT2D eigenvalue weighted by Crippen LogP contribution is 2.06. The molecule has 20 heavy (non-hydrogen) atoms. The van der Waals surface area contributed by atoms with Gasteiger partial charge in [-0.25, -0.2) is 0 Å². The fraction of sp³-hybridized carbons (Fsp3) is 0.438. The molecule has 1 aromatic carbocycles. The van der Waals surface area contributed by atoms with Crippen LogP contribution in [0.25, 0.3) is 0 Å². The molecule has 0 aliphatic carbocycles. The first-order valence-corrected chi connectivity index (χ1v) is 6.88. The van der Waals surface area contributed by atoms with Crippen molar-refractivity contribution in [3.63, 3.8) is 0 Å². The van der Waals surface area contributed by atoms with E-state index in [0.717, 1.165) is 30.6 Å². The lowest BCUT2D eigenvalue weighted by Crippen LogP contribution is -2.35. The number of nitrogens with two attached hydrogens (primary N) is 1. The summed E-state index contributed by atoms with van der Waals surface area (Å²) in [5.41, 5.74) is 7.46. The summed E-state index contributed by atoms with van der Waals surface area (Å²) >= 11 is 0. The first-order valence-electron chi connectivity index (χ1n) is 6.88. The highest BCUT2D eigenvalue weighted by molar-refractivity contribution is 5.77. The molecule has 108 valence electrons. The van der Waals surface area contributed by atoms with Crippen molar-refractivity contribution in [1.82, 2.24) is 10.2 Å². The fourth-order valence-electron chi connectivity index (χ4n) is 1.83. The van der Waals surface area contributed by atoms with Gasteiger partial charge in [-0.15, -0.1) is 0 Å². The predicted molar refractivity (Wildman–Crippen MR) is 82.0 cm³/mol. The lowest BCUT2D eigenvalue weighted by molar-refractivity contribution is -0.122. The van der Waals surface area contributed by atoms with Crippen molar-refractivity contribution in [1.29, 1.82) is 0 Å². The van der Waals surface area contributed by atoms with Crippen molar-refractivity contribution in [2.24, 2.45) is 5.73 Å². The summed E-state index contributed by atoms with van der Waals surface area (Å²) in [6.07, 6.45) is 0.956. The second-order valence-electron chi connectivity index (χ2n) is 4.73. The zero-order valence-corrected chi connectivity index (χ0v) is 12.3. The molecular formula is C16H23N3O. The normalized spacial score (nSPS) is 10.0. The summed E-state index contributed by atoms with van der Waals surface area (Å²) in [5.74, 6) is 5.92. The third kappa shape index (κ3) is 6.37. The number of nitrogens with zero attached hydrogens (tertiary/aromatic N) is 1. The number of hydrogen-bond acceptors (Lipinski definition) is 3. The Morgan fingerprint density at radius 2 is 2.25 bits per heavy atom. The van der Waals surface area contributed by atoms with Crippen molar-refractivity contribution in [2.75, 3.05) is 26.7 Å². The van der Waals surface area contributed by atoms with Gasteiger partial charge in [-0.05, 0) is 31.2 Å². The molecule has 0 aromatic heterocycles. The second-order valence-corrected chi connectivity index (χ2v) is 4.73. The van der Waals surface area contributed by atoms with Crippen molar-refractivity contribution < 1.29 is 4.79 Å². The molecule has 0 aliphatic heterocycles. The van der Waals surface area contributed by atoms with Gasteiger partial charge >= 0.3 is 0 Å². The van der Waals surface area contributed by atoms with Gasteiger partial charge in [0.1, 0.15) is 0 Å². The van der Waals surface area contributed by atoms with E-state index in [9.17, 15) is 4.79 Å². The van der Waals surface area contributed by atoms with Crippen molar-refractivity contribution in [3.05, 3.63) is 35.4 Å². The van der Waals surface area contributed by atoms with Crippen LogP contribution in [-0.2, 0) is 11.3 Å². The van der Waals surface area contributed by atoms with Crippen LogP contribution in [0.1, 0.15) is 24.5 Å². The van der Waals surface area contributed by atoms with E-state index < -0.39 is 0 Å². The summed E-state index contributed by atoms with van der Waals surface area (Å²) in [7, 11) is 1.93. The first kappa shape index (κ1) is 16.2. The minimum atomic E-state index is 0.0634. The third-order valence-electron chi connectivity index (χ3n) is 2.70. The van der Waals surface area contributed by atoms with Crippen LogP contribution in [-0.4, -0.2) is 37.5 Å². The summed E-state index contributed by atoms with van der Waals surface area (Å²) in [6, 6.07) is 8.00. The Kier molecular flexibility index (Phi) is 7.41. The Labute approximate surface area is 121 Å². The number of benzene rings is 1. The fourth-order valence-corrected chi connectivity index (χ4v) is 1.83. The van der Waals surface area contributed by atoms with E-state index in [1.807, 2.05) is 43.1 Å². The summed E-state index contributed by atoms with van der Waals surface area (Å²) in [6.45, 7) is 4.26. The van der Waals surface area contributed by atoms with Gasteiger partial charge in [0.15, 0.2) is 0 Å². The van der Waals surface area contributed by atoms with Gasteiger partial charge in [0.2, 0.25) is 5.91 Å². The van der Waals surface area contributed by atoms with Gasteiger partial charge in [0.25, 0.3) is 0 Å². The second kappa shape index (κ2) is 9.13. The zero-order valence-electron chi connectivity index (χ0n) is 12.3. The summed E-state index contributed by atoms with van der Waals surface area (Å²) < 4.78 is 0. The number of hydrogen-bond donors (Lipinski definition) is 2. The molecule has 1 aromatic rings. The largest absolute Gasteiger partial charge is 0.355 e. The molecule has 0 unspecified atom stereocenters. The molecule has 0 atom stereocenters. The van der Waals surface area contributed by atoms with Gasteiger partial charge in [-0.1, -0.05) is 30.9 Å². The van der Waals surface area contributed by atoms with Crippen molar-refractivity contribution >= 4 is 5.91 Å². The Morgan fingerprint density at radius 1 is 1.45 bits per heavy atom. The number of rotatable bonds is 6. The molecule has 0 bridgehead atoms. The van der Waals surface area contributed by atoms with Crippen LogP contribution in [0.3, 0.4) is 0 Å². The average molecular weight is 273 g/mol. The minimum Gasteiger partial charge on any atom is -0.355 e. The smallest absolute Gasteiger partial charge is 0.234 e. The van der Waals surface area contributed by atoms with Crippen molar-refractivity contribution in [3.8, 4) is 11.8 Å². The average Bonchev–Trinajstić information content (AvgIpc) is 2.43. The third-order valence-corrected chi connectivity index (χ3v) is 2.70. The maximum Gasteiger partial charge on any atom is 0.234 e. The van der Waals surface area contributed by atoms with E-state index >= 15 is 0 Å². The van der Waals surface area contributed by atoms with E-state index in [0.29, 0.717) is 13.1 Å². The van der Waals surface area contributed by atoms with Crippen molar-refractivity contribution in [2.45, 2.75) is 19.9 Å². The summed E-state index contributed by atoms with van der Waals surface area (Å²) in [4.78, 5) is 13.6. The monoisotopic (exact) mass is 273 g/mol. The minimum absolute atomic E-state index is 0.0634. The van der Waals surface area contributed by atoms with Crippen LogP contribution in [0.2, 0.25) is 0 Å². The van der Waals surface area contributed by atoms with Crippen LogP contribution in [0.15, 0.2) is 24.3 Å². The van der Waals surface area contributed by atoms with Gasteiger partial charge in [-0.2, -0.15) is 0 Å². The van der Waals surface area contributed by atoms with Gasteiger partial charge in [-0.3, -0.25) is 9.69 Å². The Bertz CT molecular complexity index is 488. The maximum absolute atomic E-state index is 11.6. The maximum atomic E-state index is 11.6. The molecule has 1 amide bonds. The highest BCUT2D eigenvalue weighted by atomic mass is 16.2. The van der Waals surface area contributed by atoms with Crippen LogP contribution in [0.5, 0.6) is 0 Å². The molecule has 3 N–H and O–H groups in total. The summed E-state index contributed by atoms with van der Waals surface area (Å²) in [5, 5.41) is 2.87. The lowest BCUT2D eigenvalue weighted by Gasteiger charge is -2.16. The Morgan fingerprint density at radius 3 is 2.95 bits per heavy atom. The highest BCUT2D eigenvalue weighted by Gasteiger charge is 2.06.